The number of benzene rings is 1. The summed E-state index contributed by atoms with van der Waals surface area (Å²) in [5.41, 5.74) is 2.04. The largest absolute Gasteiger partial charge is 0.493 e. The molecule has 2 rings (SSSR count). The lowest BCUT2D eigenvalue weighted by atomic mass is 10.2. The van der Waals surface area contributed by atoms with Crippen molar-refractivity contribution < 1.29 is 9.47 Å². The third-order valence-corrected chi connectivity index (χ3v) is 3.13. The van der Waals surface area contributed by atoms with E-state index in [1.54, 1.807) is 13.3 Å². The SMILES string of the molecule is COc1ccc(CBr)cc1OCc1ccccn1. The van der Waals surface area contributed by atoms with E-state index >= 15 is 0 Å². The van der Waals surface area contributed by atoms with Crippen molar-refractivity contribution in [2.75, 3.05) is 7.11 Å². The molecule has 94 valence electrons. The normalized spacial score (nSPS) is 10.1. The van der Waals surface area contributed by atoms with E-state index in [9.17, 15) is 0 Å². The van der Waals surface area contributed by atoms with E-state index in [0.29, 0.717) is 6.61 Å². The number of pyridine rings is 1. The van der Waals surface area contributed by atoms with Crippen LogP contribution in [0.25, 0.3) is 0 Å². The first-order chi connectivity index (χ1) is 8.83. The van der Waals surface area contributed by atoms with E-state index in [1.807, 2.05) is 36.4 Å². The summed E-state index contributed by atoms with van der Waals surface area (Å²) < 4.78 is 11.0. The molecule has 18 heavy (non-hydrogen) atoms. The molecule has 1 aromatic heterocycles. The molecule has 0 spiro atoms. The fourth-order valence-corrected chi connectivity index (χ4v) is 1.90. The molecule has 0 bridgehead atoms. The number of ether oxygens (including phenoxy) is 2. The highest BCUT2D eigenvalue weighted by Crippen LogP contribution is 2.29. The van der Waals surface area contributed by atoms with Gasteiger partial charge in [0.25, 0.3) is 0 Å². The molecule has 2 aromatic rings. The molecule has 0 atom stereocenters. The van der Waals surface area contributed by atoms with Crippen LogP contribution in [0.1, 0.15) is 11.3 Å². The molecule has 0 amide bonds. The maximum Gasteiger partial charge on any atom is 0.162 e. The van der Waals surface area contributed by atoms with Gasteiger partial charge in [0.1, 0.15) is 6.61 Å². The van der Waals surface area contributed by atoms with Crippen molar-refractivity contribution in [3.8, 4) is 11.5 Å². The lowest BCUT2D eigenvalue weighted by molar-refractivity contribution is 0.280. The van der Waals surface area contributed by atoms with E-state index < -0.39 is 0 Å². The Balaban J connectivity index is 2.12. The number of nitrogens with zero attached hydrogens (tertiary/aromatic N) is 1. The molecule has 0 unspecified atom stereocenters. The summed E-state index contributed by atoms with van der Waals surface area (Å²) in [4.78, 5) is 4.22. The van der Waals surface area contributed by atoms with Gasteiger partial charge in [-0.3, -0.25) is 4.98 Å². The molecule has 0 saturated heterocycles. The molecule has 3 nitrogen and oxygen atoms in total. The van der Waals surface area contributed by atoms with E-state index in [1.165, 1.54) is 0 Å². The van der Waals surface area contributed by atoms with Gasteiger partial charge in [0, 0.05) is 11.5 Å². The topological polar surface area (TPSA) is 31.4 Å². The first-order valence-corrected chi connectivity index (χ1v) is 6.71. The van der Waals surface area contributed by atoms with Gasteiger partial charge in [0.05, 0.1) is 12.8 Å². The van der Waals surface area contributed by atoms with E-state index in [2.05, 4.69) is 20.9 Å². The zero-order valence-electron chi connectivity index (χ0n) is 10.1. The highest BCUT2D eigenvalue weighted by molar-refractivity contribution is 9.08. The zero-order chi connectivity index (χ0) is 12.8. The van der Waals surface area contributed by atoms with Crippen molar-refractivity contribution >= 4 is 15.9 Å². The van der Waals surface area contributed by atoms with Crippen LogP contribution in [0.15, 0.2) is 42.6 Å². The summed E-state index contributed by atoms with van der Waals surface area (Å²) in [6, 6.07) is 11.6. The Morgan fingerprint density at radius 2 is 2.06 bits per heavy atom. The van der Waals surface area contributed by atoms with Crippen LogP contribution in [0.4, 0.5) is 0 Å². The van der Waals surface area contributed by atoms with Gasteiger partial charge in [-0.2, -0.15) is 0 Å². The third-order valence-electron chi connectivity index (χ3n) is 2.48. The summed E-state index contributed by atoms with van der Waals surface area (Å²) in [5, 5.41) is 0.789. The van der Waals surface area contributed by atoms with Crippen LogP contribution in [0.3, 0.4) is 0 Å². The van der Waals surface area contributed by atoms with Crippen LogP contribution in [0.2, 0.25) is 0 Å². The van der Waals surface area contributed by atoms with Gasteiger partial charge in [0.2, 0.25) is 0 Å². The smallest absolute Gasteiger partial charge is 0.162 e. The molecule has 0 saturated carbocycles. The zero-order valence-corrected chi connectivity index (χ0v) is 11.7. The van der Waals surface area contributed by atoms with Gasteiger partial charge in [-0.1, -0.05) is 28.1 Å². The second kappa shape index (κ2) is 6.40. The summed E-state index contributed by atoms with van der Waals surface area (Å²) in [7, 11) is 1.64. The molecule has 4 heteroatoms. The number of rotatable bonds is 5. The van der Waals surface area contributed by atoms with Crippen LogP contribution >= 0.6 is 15.9 Å². The first-order valence-electron chi connectivity index (χ1n) is 5.59. The second-order valence-electron chi connectivity index (χ2n) is 3.73. The fourth-order valence-electron chi connectivity index (χ4n) is 1.55. The Kier molecular flexibility index (Phi) is 4.59. The van der Waals surface area contributed by atoms with Gasteiger partial charge < -0.3 is 9.47 Å². The first kappa shape index (κ1) is 12.9. The van der Waals surface area contributed by atoms with Crippen LogP contribution < -0.4 is 9.47 Å². The summed E-state index contributed by atoms with van der Waals surface area (Å²) in [5.74, 6) is 1.47. The van der Waals surface area contributed by atoms with Crippen molar-refractivity contribution in [3.05, 3.63) is 53.9 Å². The lowest BCUT2D eigenvalue weighted by Gasteiger charge is -2.11. The quantitative estimate of drug-likeness (QED) is 0.791. The molecular formula is C14H14BrNO2. The average Bonchev–Trinajstić information content (AvgIpc) is 2.45. The second-order valence-corrected chi connectivity index (χ2v) is 4.29. The number of alkyl halides is 1. The van der Waals surface area contributed by atoms with Crippen molar-refractivity contribution in [1.29, 1.82) is 0 Å². The Labute approximate surface area is 115 Å². The number of aromatic nitrogens is 1. The van der Waals surface area contributed by atoms with E-state index in [0.717, 1.165) is 28.1 Å². The molecule has 1 aromatic carbocycles. The molecule has 1 heterocycles. The Bertz CT molecular complexity index is 502. The van der Waals surface area contributed by atoms with Gasteiger partial charge in [0.15, 0.2) is 11.5 Å². The summed E-state index contributed by atoms with van der Waals surface area (Å²) >= 11 is 3.43. The van der Waals surface area contributed by atoms with Crippen molar-refractivity contribution in [2.24, 2.45) is 0 Å². The fraction of sp³-hybridized carbons (Fsp3) is 0.214. The van der Waals surface area contributed by atoms with Crippen LogP contribution in [0, 0.1) is 0 Å². The number of halogens is 1. The third kappa shape index (κ3) is 3.23. The van der Waals surface area contributed by atoms with Crippen molar-refractivity contribution in [3.63, 3.8) is 0 Å². The number of hydrogen-bond donors (Lipinski definition) is 0. The Hall–Kier alpha value is -1.55. The molecule has 0 fully saturated rings. The maximum absolute atomic E-state index is 5.75. The van der Waals surface area contributed by atoms with Crippen molar-refractivity contribution in [2.45, 2.75) is 11.9 Å². The standard InChI is InChI=1S/C14H14BrNO2/c1-17-13-6-5-11(9-15)8-14(13)18-10-12-4-2-3-7-16-12/h2-8H,9-10H2,1H3. The highest BCUT2D eigenvalue weighted by atomic mass is 79.9. The van der Waals surface area contributed by atoms with Crippen molar-refractivity contribution in [1.82, 2.24) is 4.98 Å². The molecular weight excluding hydrogens is 294 g/mol. The highest BCUT2D eigenvalue weighted by Gasteiger charge is 2.06. The molecule has 0 aliphatic rings. The maximum atomic E-state index is 5.75. The van der Waals surface area contributed by atoms with Crippen LogP contribution in [-0.4, -0.2) is 12.1 Å². The predicted octanol–water partition coefficient (Wildman–Crippen LogP) is 3.56. The Morgan fingerprint density at radius 3 is 2.72 bits per heavy atom. The van der Waals surface area contributed by atoms with Gasteiger partial charge in [-0.25, -0.2) is 0 Å². The van der Waals surface area contributed by atoms with Crippen LogP contribution in [-0.2, 0) is 11.9 Å². The van der Waals surface area contributed by atoms with E-state index in [-0.39, 0.29) is 0 Å². The Morgan fingerprint density at radius 1 is 1.17 bits per heavy atom. The molecule has 0 N–H and O–H groups in total. The molecule has 0 aliphatic heterocycles. The van der Waals surface area contributed by atoms with Gasteiger partial charge >= 0.3 is 0 Å². The molecule has 0 aliphatic carbocycles. The summed E-state index contributed by atoms with van der Waals surface area (Å²) in [6.07, 6.45) is 1.75. The number of methoxy groups -OCH3 is 1. The summed E-state index contributed by atoms with van der Waals surface area (Å²) in [6.45, 7) is 0.433. The monoisotopic (exact) mass is 307 g/mol. The average molecular weight is 308 g/mol. The molecule has 0 radical (unpaired) electrons. The van der Waals surface area contributed by atoms with E-state index in [4.69, 9.17) is 9.47 Å². The minimum absolute atomic E-state index is 0.433. The minimum atomic E-state index is 0.433. The number of hydrogen-bond acceptors (Lipinski definition) is 3. The van der Waals surface area contributed by atoms with Crippen LogP contribution in [0.5, 0.6) is 11.5 Å². The lowest BCUT2D eigenvalue weighted by Crippen LogP contribution is -1.99. The predicted molar refractivity (Wildman–Crippen MR) is 74.2 cm³/mol. The van der Waals surface area contributed by atoms with Gasteiger partial charge in [-0.15, -0.1) is 0 Å². The van der Waals surface area contributed by atoms with Gasteiger partial charge in [-0.05, 0) is 29.8 Å². The minimum Gasteiger partial charge on any atom is -0.493 e.